The van der Waals surface area contributed by atoms with E-state index in [2.05, 4.69) is 6.92 Å². The summed E-state index contributed by atoms with van der Waals surface area (Å²) in [5.41, 5.74) is 0. The molecule has 2 atom stereocenters. The largest absolute Gasteiger partial charge is 0.390 e. The molecule has 0 heterocycles. The van der Waals surface area contributed by atoms with E-state index in [1.165, 1.54) is 0 Å². The van der Waals surface area contributed by atoms with Gasteiger partial charge in [0.15, 0.2) is 0 Å². The molecule has 2 N–H and O–H groups in total. The molecule has 0 aromatic carbocycles. The predicted molar refractivity (Wildman–Crippen MR) is 44.3 cm³/mol. The molecular weight excluding hydrogens is 140 g/mol. The van der Waals surface area contributed by atoms with Crippen LogP contribution in [-0.4, -0.2) is 22.4 Å². The molecule has 0 radical (unpaired) electrons. The van der Waals surface area contributed by atoms with Gasteiger partial charge >= 0.3 is 0 Å². The zero-order valence-electron chi connectivity index (χ0n) is 7.16. The van der Waals surface area contributed by atoms with Crippen molar-refractivity contribution in [2.24, 2.45) is 5.92 Å². The second-order valence-corrected chi connectivity index (χ2v) is 3.54. The molecule has 1 saturated carbocycles. The van der Waals surface area contributed by atoms with Gasteiger partial charge < -0.3 is 10.2 Å². The minimum atomic E-state index is -0.470. The standard InChI is InChI=1S/C9H18O2/c1-2-3-4-8(10)9(11)7-5-6-7/h7-11H,2-6H2,1H3/t8-,9-/m1/s1. The summed E-state index contributed by atoms with van der Waals surface area (Å²) in [6.45, 7) is 2.09. The van der Waals surface area contributed by atoms with E-state index in [9.17, 15) is 10.2 Å². The monoisotopic (exact) mass is 158 g/mol. The second kappa shape index (κ2) is 4.07. The van der Waals surface area contributed by atoms with Crippen LogP contribution in [0, 0.1) is 5.92 Å². The van der Waals surface area contributed by atoms with Crippen LogP contribution in [0.25, 0.3) is 0 Å². The van der Waals surface area contributed by atoms with Crippen molar-refractivity contribution in [3.63, 3.8) is 0 Å². The van der Waals surface area contributed by atoms with Gasteiger partial charge in [0, 0.05) is 0 Å². The predicted octanol–water partition coefficient (Wildman–Crippen LogP) is 1.31. The van der Waals surface area contributed by atoms with Crippen LogP contribution in [0.15, 0.2) is 0 Å². The highest BCUT2D eigenvalue weighted by molar-refractivity contribution is 4.85. The summed E-state index contributed by atoms with van der Waals surface area (Å²) in [5.74, 6) is 0.404. The maximum Gasteiger partial charge on any atom is 0.0827 e. The first-order valence-electron chi connectivity index (χ1n) is 4.61. The minimum Gasteiger partial charge on any atom is -0.390 e. The third-order valence-corrected chi connectivity index (χ3v) is 2.35. The van der Waals surface area contributed by atoms with Gasteiger partial charge in [-0.15, -0.1) is 0 Å². The molecule has 1 aliphatic rings. The van der Waals surface area contributed by atoms with Crippen molar-refractivity contribution in [2.45, 2.75) is 51.2 Å². The van der Waals surface area contributed by atoms with E-state index in [0.29, 0.717) is 5.92 Å². The van der Waals surface area contributed by atoms with Crippen molar-refractivity contribution < 1.29 is 10.2 Å². The van der Waals surface area contributed by atoms with Crippen molar-refractivity contribution in [3.8, 4) is 0 Å². The molecule has 0 unspecified atom stereocenters. The quantitative estimate of drug-likeness (QED) is 0.633. The van der Waals surface area contributed by atoms with Gasteiger partial charge in [0.05, 0.1) is 12.2 Å². The average molecular weight is 158 g/mol. The third kappa shape index (κ3) is 2.80. The second-order valence-electron chi connectivity index (χ2n) is 3.54. The Kier molecular flexibility index (Phi) is 3.34. The van der Waals surface area contributed by atoms with Crippen molar-refractivity contribution in [2.75, 3.05) is 0 Å². The number of unbranched alkanes of at least 4 members (excludes halogenated alkanes) is 1. The van der Waals surface area contributed by atoms with Gasteiger partial charge in [0.2, 0.25) is 0 Å². The zero-order valence-corrected chi connectivity index (χ0v) is 7.16. The highest BCUT2D eigenvalue weighted by Crippen LogP contribution is 2.34. The SMILES string of the molecule is CCCC[C@@H](O)[C@H](O)C1CC1. The van der Waals surface area contributed by atoms with E-state index in [-0.39, 0.29) is 0 Å². The lowest BCUT2D eigenvalue weighted by atomic mass is 10.0. The first-order valence-corrected chi connectivity index (χ1v) is 4.61. The number of aliphatic hydroxyl groups excluding tert-OH is 2. The van der Waals surface area contributed by atoms with Crippen LogP contribution in [-0.2, 0) is 0 Å². The van der Waals surface area contributed by atoms with Gasteiger partial charge in [0.1, 0.15) is 0 Å². The van der Waals surface area contributed by atoms with Crippen LogP contribution < -0.4 is 0 Å². The summed E-state index contributed by atoms with van der Waals surface area (Å²) < 4.78 is 0. The lowest BCUT2D eigenvalue weighted by molar-refractivity contribution is 0.000563. The molecule has 0 saturated heterocycles. The van der Waals surface area contributed by atoms with E-state index in [4.69, 9.17) is 0 Å². The molecule has 0 aliphatic heterocycles. The molecule has 0 aromatic heterocycles. The lowest BCUT2D eigenvalue weighted by Gasteiger charge is -2.16. The fraction of sp³-hybridized carbons (Fsp3) is 1.00. The molecule has 2 nitrogen and oxygen atoms in total. The molecule has 2 heteroatoms. The summed E-state index contributed by atoms with van der Waals surface area (Å²) in [5, 5.41) is 18.8. The summed E-state index contributed by atoms with van der Waals surface area (Å²) in [4.78, 5) is 0. The van der Waals surface area contributed by atoms with Gasteiger partial charge in [-0.05, 0) is 25.2 Å². The number of rotatable bonds is 5. The average Bonchev–Trinajstić information content (AvgIpc) is 2.81. The Bertz CT molecular complexity index is 110. The van der Waals surface area contributed by atoms with Crippen LogP contribution in [0.4, 0.5) is 0 Å². The zero-order chi connectivity index (χ0) is 8.27. The van der Waals surface area contributed by atoms with Crippen molar-refractivity contribution in [1.29, 1.82) is 0 Å². The van der Waals surface area contributed by atoms with Crippen molar-refractivity contribution in [1.82, 2.24) is 0 Å². The Hall–Kier alpha value is -0.0800. The van der Waals surface area contributed by atoms with Crippen molar-refractivity contribution >= 4 is 0 Å². The molecule has 0 spiro atoms. The molecule has 1 aliphatic carbocycles. The fourth-order valence-electron chi connectivity index (χ4n) is 1.34. The van der Waals surface area contributed by atoms with Crippen LogP contribution in [0.1, 0.15) is 39.0 Å². The number of hydrogen-bond acceptors (Lipinski definition) is 2. The van der Waals surface area contributed by atoms with Gasteiger partial charge in [-0.1, -0.05) is 19.8 Å². The van der Waals surface area contributed by atoms with Gasteiger partial charge in [-0.3, -0.25) is 0 Å². The Morgan fingerprint density at radius 3 is 2.45 bits per heavy atom. The first-order chi connectivity index (χ1) is 5.25. The van der Waals surface area contributed by atoms with E-state index in [1.807, 2.05) is 0 Å². The molecule has 66 valence electrons. The van der Waals surface area contributed by atoms with Crippen molar-refractivity contribution in [3.05, 3.63) is 0 Å². The van der Waals surface area contributed by atoms with E-state index >= 15 is 0 Å². The Labute approximate surface area is 68.2 Å². The van der Waals surface area contributed by atoms with E-state index in [1.54, 1.807) is 0 Å². The third-order valence-electron chi connectivity index (χ3n) is 2.35. The van der Waals surface area contributed by atoms with Crippen LogP contribution >= 0.6 is 0 Å². The highest BCUT2D eigenvalue weighted by Gasteiger charge is 2.33. The molecule has 11 heavy (non-hydrogen) atoms. The number of hydrogen-bond donors (Lipinski definition) is 2. The Balaban J connectivity index is 2.11. The summed E-state index contributed by atoms with van der Waals surface area (Å²) >= 11 is 0. The minimum absolute atomic E-state index is 0.404. The molecule has 0 amide bonds. The Morgan fingerprint density at radius 2 is 2.00 bits per heavy atom. The molecule has 1 rings (SSSR count). The molecular formula is C9H18O2. The van der Waals surface area contributed by atoms with Crippen LogP contribution in [0.2, 0.25) is 0 Å². The van der Waals surface area contributed by atoms with Gasteiger partial charge in [-0.25, -0.2) is 0 Å². The number of aliphatic hydroxyl groups is 2. The summed E-state index contributed by atoms with van der Waals surface area (Å²) in [7, 11) is 0. The van der Waals surface area contributed by atoms with E-state index in [0.717, 1.165) is 32.1 Å². The maximum absolute atomic E-state index is 9.43. The molecule has 0 aromatic rings. The normalized spacial score (nSPS) is 23.2. The van der Waals surface area contributed by atoms with Crippen LogP contribution in [0.3, 0.4) is 0 Å². The lowest BCUT2D eigenvalue weighted by Crippen LogP contribution is -2.27. The highest BCUT2D eigenvalue weighted by atomic mass is 16.3. The van der Waals surface area contributed by atoms with Gasteiger partial charge in [0.25, 0.3) is 0 Å². The van der Waals surface area contributed by atoms with Gasteiger partial charge in [-0.2, -0.15) is 0 Å². The van der Waals surface area contributed by atoms with E-state index < -0.39 is 12.2 Å². The summed E-state index contributed by atoms with van der Waals surface area (Å²) in [6, 6.07) is 0. The van der Waals surface area contributed by atoms with Crippen LogP contribution in [0.5, 0.6) is 0 Å². The smallest absolute Gasteiger partial charge is 0.0827 e. The topological polar surface area (TPSA) is 40.5 Å². The molecule has 1 fully saturated rings. The molecule has 0 bridgehead atoms. The Morgan fingerprint density at radius 1 is 1.36 bits per heavy atom. The first kappa shape index (κ1) is 9.01. The maximum atomic E-state index is 9.43. The summed E-state index contributed by atoms with van der Waals surface area (Å²) in [6.07, 6.45) is 4.16. The fourth-order valence-corrected chi connectivity index (χ4v) is 1.34.